The summed E-state index contributed by atoms with van der Waals surface area (Å²) in [6, 6.07) is 0. The second-order valence-corrected chi connectivity index (χ2v) is 3.95. The Kier molecular flexibility index (Phi) is 3.58. The van der Waals surface area contributed by atoms with Crippen LogP contribution in [0.3, 0.4) is 0 Å². The van der Waals surface area contributed by atoms with Crippen molar-refractivity contribution in [1.29, 1.82) is 0 Å². The first-order valence-electron chi connectivity index (χ1n) is 5.39. The molecule has 0 aromatic rings. The van der Waals surface area contributed by atoms with Crippen LogP contribution in [-0.2, 0) is 9.47 Å². The fourth-order valence-electron chi connectivity index (χ4n) is 1.50. The molecule has 2 aliphatic heterocycles. The van der Waals surface area contributed by atoms with Crippen molar-refractivity contribution >= 4 is 0 Å². The van der Waals surface area contributed by atoms with Crippen molar-refractivity contribution < 1.29 is 9.47 Å². The Hall–Kier alpha value is -0.120. The van der Waals surface area contributed by atoms with Crippen LogP contribution in [0, 0.1) is 0 Å². The van der Waals surface area contributed by atoms with Crippen LogP contribution in [0.25, 0.3) is 0 Å². The van der Waals surface area contributed by atoms with Crippen molar-refractivity contribution in [2.75, 3.05) is 26.3 Å². The molecule has 0 radical (unpaired) electrons. The maximum atomic E-state index is 5.13. The van der Waals surface area contributed by atoms with E-state index in [2.05, 4.69) is 5.32 Å². The molecule has 2 atom stereocenters. The number of rotatable bonds is 8. The molecule has 2 rings (SSSR count). The van der Waals surface area contributed by atoms with Gasteiger partial charge in [0.15, 0.2) is 0 Å². The van der Waals surface area contributed by atoms with Crippen LogP contribution < -0.4 is 5.32 Å². The minimum absolute atomic E-state index is 0.599. The summed E-state index contributed by atoms with van der Waals surface area (Å²) < 4.78 is 10.3. The molecule has 0 spiro atoms. The average molecular weight is 185 g/mol. The van der Waals surface area contributed by atoms with Crippen LogP contribution in [0.5, 0.6) is 0 Å². The Morgan fingerprint density at radius 1 is 0.923 bits per heavy atom. The predicted octanol–water partition coefficient (Wildman–Crippen LogP) is 0.934. The van der Waals surface area contributed by atoms with Crippen LogP contribution in [-0.4, -0.2) is 38.5 Å². The van der Waals surface area contributed by atoms with Gasteiger partial charge in [-0.15, -0.1) is 0 Å². The number of nitrogens with one attached hydrogen (secondary N) is 1. The normalized spacial score (nSPS) is 30.5. The topological polar surface area (TPSA) is 37.1 Å². The molecule has 0 aromatic heterocycles. The molecule has 3 nitrogen and oxygen atoms in total. The highest BCUT2D eigenvalue weighted by atomic mass is 16.6. The lowest BCUT2D eigenvalue weighted by Crippen LogP contribution is -2.17. The van der Waals surface area contributed by atoms with Crippen molar-refractivity contribution in [3.05, 3.63) is 0 Å². The van der Waals surface area contributed by atoms with Gasteiger partial charge in [0.25, 0.3) is 0 Å². The molecule has 0 bridgehead atoms. The molecule has 0 amide bonds. The molecule has 2 fully saturated rings. The van der Waals surface area contributed by atoms with Crippen molar-refractivity contribution in [3.8, 4) is 0 Å². The predicted molar refractivity (Wildman–Crippen MR) is 50.8 cm³/mol. The van der Waals surface area contributed by atoms with E-state index in [1.165, 1.54) is 25.7 Å². The van der Waals surface area contributed by atoms with E-state index < -0.39 is 0 Å². The molecular formula is C10H19NO2. The van der Waals surface area contributed by atoms with Gasteiger partial charge in [0.2, 0.25) is 0 Å². The van der Waals surface area contributed by atoms with Gasteiger partial charge < -0.3 is 14.8 Å². The quantitative estimate of drug-likeness (QED) is 0.451. The van der Waals surface area contributed by atoms with Crippen molar-refractivity contribution in [1.82, 2.24) is 5.32 Å². The third-order valence-electron chi connectivity index (χ3n) is 2.56. The van der Waals surface area contributed by atoms with E-state index in [-0.39, 0.29) is 0 Å². The SMILES string of the molecule is C(CNCCCC1CO1)CC1CO1. The molecule has 2 saturated heterocycles. The lowest BCUT2D eigenvalue weighted by Gasteiger charge is -2.02. The van der Waals surface area contributed by atoms with E-state index in [9.17, 15) is 0 Å². The summed E-state index contributed by atoms with van der Waals surface area (Å²) in [4.78, 5) is 0. The molecule has 13 heavy (non-hydrogen) atoms. The highest BCUT2D eigenvalue weighted by Crippen LogP contribution is 2.15. The lowest BCUT2D eigenvalue weighted by atomic mass is 10.2. The Bertz CT molecular complexity index is 128. The van der Waals surface area contributed by atoms with Crippen LogP contribution in [0.2, 0.25) is 0 Å². The molecule has 0 saturated carbocycles. The van der Waals surface area contributed by atoms with Crippen LogP contribution in [0.1, 0.15) is 25.7 Å². The smallest absolute Gasteiger partial charge is 0.0810 e. The van der Waals surface area contributed by atoms with Crippen molar-refractivity contribution in [2.24, 2.45) is 0 Å². The summed E-state index contributed by atoms with van der Waals surface area (Å²) in [5, 5.41) is 3.44. The van der Waals surface area contributed by atoms with Crippen LogP contribution >= 0.6 is 0 Å². The summed E-state index contributed by atoms with van der Waals surface area (Å²) >= 11 is 0. The van der Waals surface area contributed by atoms with E-state index in [0.29, 0.717) is 12.2 Å². The van der Waals surface area contributed by atoms with E-state index in [1.54, 1.807) is 0 Å². The Labute approximate surface area is 79.8 Å². The summed E-state index contributed by atoms with van der Waals surface area (Å²) in [5.74, 6) is 0. The second-order valence-electron chi connectivity index (χ2n) is 3.95. The molecule has 3 heteroatoms. The van der Waals surface area contributed by atoms with Gasteiger partial charge in [0.1, 0.15) is 0 Å². The summed E-state index contributed by atoms with van der Waals surface area (Å²) in [5.41, 5.74) is 0. The minimum Gasteiger partial charge on any atom is -0.373 e. The second kappa shape index (κ2) is 4.94. The molecule has 2 heterocycles. The summed E-state index contributed by atoms with van der Waals surface area (Å²) in [6.45, 7) is 4.29. The van der Waals surface area contributed by atoms with Crippen molar-refractivity contribution in [3.63, 3.8) is 0 Å². The summed E-state index contributed by atoms with van der Waals surface area (Å²) in [6.07, 6.45) is 6.18. The van der Waals surface area contributed by atoms with E-state index >= 15 is 0 Å². The first kappa shape index (κ1) is 9.44. The number of epoxide rings is 2. The fourth-order valence-corrected chi connectivity index (χ4v) is 1.50. The van der Waals surface area contributed by atoms with Gasteiger partial charge in [-0.3, -0.25) is 0 Å². The molecule has 1 N–H and O–H groups in total. The van der Waals surface area contributed by atoms with Gasteiger partial charge >= 0.3 is 0 Å². The fraction of sp³-hybridized carbons (Fsp3) is 1.00. The first-order chi connectivity index (χ1) is 6.45. The summed E-state index contributed by atoms with van der Waals surface area (Å²) in [7, 11) is 0. The zero-order valence-corrected chi connectivity index (χ0v) is 8.13. The van der Waals surface area contributed by atoms with E-state index in [4.69, 9.17) is 9.47 Å². The van der Waals surface area contributed by atoms with Crippen LogP contribution in [0.15, 0.2) is 0 Å². The maximum Gasteiger partial charge on any atom is 0.0810 e. The molecule has 76 valence electrons. The monoisotopic (exact) mass is 185 g/mol. The highest BCUT2D eigenvalue weighted by Gasteiger charge is 2.21. The molecule has 0 aliphatic carbocycles. The molecule has 0 aromatic carbocycles. The van der Waals surface area contributed by atoms with Gasteiger partial charge in [-0.2, -0.15) is 0 Å². The van der Waals surface area contributed by atoms with Gasteiger partial charge in [-0.25, -0.2) is 0 Å². The third-order valence-corrected chi connectivity index (χ3v) is 2.56. The zero-order chi connectivity index (χ0) is 8.93. The zero-order valence-electron chi connectivity index (χ0n) is 8.13. The average Bonchev–Trinajstić information content (AvgIpc) is 2.99. The number of hydrogen-bond donors (Lipinski definition) is 1. The van der Waals surface area contributed by atoms with Crippen molar-refractivity contribution in [2.45, 2.75) is 37.9 Å². The van der Waals surface area contributed by atoms with E-state index in [0.717, 1.165) is 26.3 Å². The molecule has 2 aliphatic rings. The number of hydrogen-bond acceptors (Lipinski definition) is 3. The Morgan fingerprint density at radius 2 is 1.38 bits per heavy atom. The molecular weight excluding hydrogens is 166 g/mol. The third kappa shape index (κ3) is 4.60. The van der Waals surface area contributed by atoms with Crippen LogP contribution in [0.4, 0.5) is 0 Å². The highest BCUT2D eigenvalue weighted by molar-refractivity contribution is 4.70. The largest absolute Gasteiger partial charge is 0.373 e. The Balaban J connectivity index is 1.28. The van der Waals surface area contributed by atoms with Gasteiger partial charge in [0.05, 0.1) is 25.4 Å². The Morgan fingerprint density at radius 3 is 1.77 bits per heavy atom. The minimum atomic E-state index is 0.599. The number of ether oxygens (including phenoxy) is 2. The molecule has 2 unspecified atom stereocenters. The standard InChI is InChI=1S/C10H19NO2/c1(3-9-7-12-9)5-11-6-2-4-10-8-13-10/h9-11H,1-8H2. The van der Waals surface area contributed by atoms with Gasteiger partial charge in [-0.05, 0) is 38.8 Å². The van der Waals surface area contributed by atoms with Gasteiger partial charge in [-0.1, -0.05) is 0 Å². The van der Waals surface area contributed by atoms with Gasteiger partial charge in [0, 0.05) is 0 Å². The maximum absolute atomic E-state index is 5.13. The lowest BCUT2D eigenvalue weighted by molar-refractivity contribution is 0.383. The van der Waals surface area contributed by atoms with E-state index in [1.807, 2.05) is 0 Å². The first-order valence-corrected chi connectivity index (χ1v) is 5.39.